The number of nitrogens with zero attached hydrogens (tertiary/aromatic N) is 1. The molecule has 0 bridgehead atoms. The highest BCUT2D eigenvalue weighted by atomic mass is 79.9. The highest BCUT2D eigenvalue weighted by Crippen LogP contribution is 2.32. The lowest BCUT2D eigenvalue weighted by atomic mass is 10.1. The molecule has 7 heteroatoms. The first-order valence-corrected chi connectivity index (χ1v) is 6.24. The SMILES string of the molecule is CCOC(=O)/C(C#N)=C/c1ccc(C(F)(F)F)cc1Br. The third-order valence-corrected chi connectivity index (χ3v) is 2.93. The van der Waals surface area contributed by atoms with Gasteiger partial charge in [0.1, 0.15) is 11.6 Å². The van der Waals surface area contributed by atoms with E-state index in [0.29, 0.717) is 0 Å². The molecule has 3 nitrogen and oxygen atoms in total. The minimum atomic E-state index is -4.45. The summed E-state index contributed by atoms with van der Waals surface area (Å²) in [6.45, 7) is 1.69. The number of carbonyl (C=O) groups excluding carboxylic acids is 1. The Morgan fingerprint density at radius 1 is 1.50 bits per heavy atom. The van der Waals surface area contributed by atoms with Crippen molar-refractivity contribution in [3.63, 3.8) is 0 Å². The smallest absolute Gasteiger partial charge is 0.416 e. The number of esters is 1. The topological polar surface area (TPSA) is 50.1 Å². The van der Waals surface area contributed by atoms with Gasteiger partial charge in [0.2, 0.25) is 0 Å². The van der Waals surface area contributed by atoms with Crippen molar-refractivity contribution in [2.45, 2.75) is 13.1 Å². The normalized spacial score (nSPS) is 11.9. The average Bonchev–Trinajstić information content (AvgIpc) is 2.36. The number of ether oxygens (including phenoxy) is 1. The number of nitriles is 1. The van der Waals surface area contributed by atoms with Crippen LogP contribution in [0.15, 0.2) is 28.2 Å². The van der Waals surface area contributed by atoms with Crippen LogP contribution in [0.4, 0.5) is 13.2 Å². The van der Waals surface area contributed by atoms with Gasteiger partial charge in [-0.2, -0.15) is 18.4 Å². The number of benzene rings is 1. The first-order chi connectivity index (χ1) is 9.29. The van der Waals surface area contributed by atoms with Crippen molar-refractivity contribution in [3.05, 3.63) is 39.4 Å². The van der Waals surface area contributed by atoms with Crippen molar-refractivity contribution in [3.8, 4) is 6.07 Å². The van der Waals surface area contributed by atoms with E-state index in [1.54, 1.807) is 13.0 Å². The third-order valence-electron chi connectivity index (χ3n) is 2.24. The van der Waals surface area contributed by atoms with Gasteiger partial charge in [0.15, 0.2) is 0 Å². The van der Waals surface area contributed by atoms with Gasteiger partial charge < -0.3 is 4.74 Å². The molecule has 0 atom stereocenters. The molecule has 1 aromatic rings. The second-order valence-electron chi connectivity index (χ2n) is 3.62. The first-order valence-electron chi connectivity index (χ1n) is 5.45. The fourth-order valence-corrected chi connectivity index (χ4v) is 1.81. The van der Waals surface area contributed by atoms with E-state index in [0.717, 1.165) is 12.1 Å². The fourth-order valence-electron chi connectivity index (χ4n) is 1.32. The molecule has 20 heavy (non-hydrogen) atoms. The predicted octanol–water partition coefficient (Wildman–Crippen LogP) is 3.94. The fraction of sp³-hybridized carbons (Fsp3) is 0.231. The van der Waals surface area contributed by atoms with Crippen molar-refractivity contribution < 1.29 is 22.7 Å². The summed E-state index contributed by atoms with van der Waals surface area (Å²) in [4.78, 5) is 11.4. The molecule has 0 unspecified atom stereocenters. The highest BCUT2D eigenvalue weighted by Gasteiger charge is 2.30. The molecule has 0 saturated heterocycles. The molecule has 0 fully saturated rings. The molecule has 0 aliphatic rings. The van der Waals surface area contributed by atoms with Crippen LogP contribution in [0.25, 0.3) is 6.08 Å². The van der Waals surface area contributed by atoms with Gasteiger partial charge in [0.25, 0.3) is 0 Å². The number of hydrogen-bond donors (Lipinski definition) is 0. The monoisotopic (exact) mass is 347 g/mol. The van der Waals surface area contributed by atoms with E-state index >= 15 is 0 Å². The lowest BCUT2D eigenvalue weighted by molar-refractivity contribution is -0.138. The Morgan fingerprint density at radius 2 is 2.15 bits per heavy atom. The zero-order chi connectivity index (χ0) is 15.3. The molecule has 0 N–H and O–H groups in total. The average molecular weight is 348 g/mol. The molecular formula is C13H9BrF3NO2. The first kappa shape index (κ1) is 16.2. The van der Waals surface area contributed by atoms with Crippen LogP contribution in [0.3, 0.4) is 0 Å². The zero-order valence-electron chi connectivity index (χ0n) is 10.3. The second kappa shape index (κ2) is 6.57. The Kier molecular flexibility index (Phi) is 5.34. The van der Waals surface area contributed by atoms with E-state index < -0.39 is 17.7 Å². The van der Waals surface area contributed by atoms with Crippen LogP contribution in [-0.4, -0.2) is 12.6 Å². The molecule has 0 radical (unpaired) electrons. The standard InChI is InChI=1S/C13H9BrF3NO2/c1-2-20-12(19)9(7-18)5-8-3-4-10(6-11(8)14)13(15,16)17/h3-6H,2H2,1H3/b9-5+. The van der Waals surface area contributed by atoms with Crippen LogP contribution >= 0.6 is 15.9 Å². The lowest BCUT2D eigenvalue weighted by Gasteiger charge is -2.08. The van der Waals surface area contributed by atoms with E-state index in [1.807, 2.05) is 0 Å². The maximum Gasteiger partial charge on any atom is 0.416 e. The Labute approximate surface area is 121 Å². The molecule has 0 heterocycles. The zero-order valence-corrected chi connectivity index (χ0v) is 11.9. The minimum Gasteiger partial charge on any atom is -0.462 e. The van der Waals surface area contributed by atoms with E-state index in [4.69, 9.17) is 5.26 Å². The van der Waals surface area contributed by atoms with Gasteiger partial charge >= 0.3 is 12.1 Å². The third kappa shape index (κ3) is 4.10. The van der Waals surface area contributed by atoms with Crippen molar-refractivity contribution in [2.75, 3.05) is 6.61 Å². The molecular weight excluding hydrogens is 339 g/mol. The summed E-state index contributed by atoms with van der Waals surface area (Å²) in [5, 5.41) is 8.84. The maximum atomic E-state index is 12.5. The lowest BCUT2D eigenvalue weighted by Crippen LogP contribution is -2.07. The van der Waals surface area contributed by atoms with Gasteiger partial charge in [0, 0.05) is 4.47 Å². The number of hydrogen-bond acceptors (Lipinski definition) is 3. The van der Waals surface area contributed by atoms with Crippen LogP contribution < -0.4 is 0 Å². The number of carbonyl (C=O) groups is 1. The molecule has 106 valence electrons. The van der Waals surface area contributed by atoms with Gasteiger partial charge in [-0.15, -0.1) is 0 Å². The summed E-state index contributed by atoms with van der Waals surface area (Å²) in [5.41, 5.74) is -0.828. The summed E-state index contributed by atoms with van der Waals surface area (Å²) in [7, 11) is 0. The van der Waals surface area contributed by atoms with Crippen molar-refractivity contribution in [1.82, 2.24) is 0 Å². The molecule has 0 aromatic heterocycles. The number of alkyl halides is 3. The number of halogens is 4. The largest absolute Gasteiger partial charge is 0.462 e. The van der Waals surface area contributed by atoms with Crippen LogP contribution in [-0.2, 0) is 15.7 Å². The molecule has 0 amide bonds. The van der Waals surface area contributed by atoms with E-state index in [1.165, 1.54) is 12.1 Å². The van der Waals surface area contributed by atoms with Crippen molar-refractivity contribution >= 4 is 28.0 Å². The van der Waals surface area contributed by atoms with Gasteiger partial charge in [0.05, 0.1) is 12.2 Å². The molecule has 0 aliphatic heterocycles. The summed E-state index contributed by atoms with van der Waals surface area (Å²) in [6, 6.07) is 4.57. The Balaban J connectivity index is 3.15. The number of rotatable bonds is 3. The summed E-state index contributed by atoms with van der Waals surface area (Å²) < 4.78 is 42.3. The van der Waals surface area contributed by atoms with E-state index in [2.05, 4.69) is 20.7 Å². The highest BCUT2D eigenvalue weighted by molar-refractivity contribution is 9.10. The van der Waals surface area contributed by atoms with E-state index in [9.17, 15) is 18.0 Å². The molecule has 0 saturated carbocycles. The summed E-state index contributed by atoms with van der Waals surface area (Å²) >= 11 is 2.98. The van der Waals surface area contributed by atoms with E-state index in [-0.39, 0.29) is 22.2 Å². The van der Waals surface area contributed by atoms with Gasteiger partial charge in [-0.1, -0.05) is 22.0 Å². The molecule has 1 rings (SSSR count). The summed E-state index contributed by atoms with van der Waals surface area (Å²) in [6.07, 6.45) is -3.29. The van der Waals surface area contributed by atoms with Gasteiger partial charge in [-0.25, -0.2) is 4.79 Å². The van der Waals surface area contributed by atoms with Crippen LogP contribution in [0.2, 0.25) is 0 Å². The summed E-state index contributed by atoms with van der Waals surface area (Å²) in [5.74, 6) is -0.818. The van der Waals surface area contributed by atoms with Crippen LogP contribution in [0, 0.1) is 11.3 Å². The second-order valence-corrected chi connectivity index (χ2v) is 4.48. The van der Waals surface area contributed by atoms with Crippen molar-refractivity contribution in [2.24, 2.45) is 0 Å². The molecule has 1 aromatic carbocycles. The predicted molar refractivity (Wildman–Crippen MR) is 69.4 cm³/mol. The maximum absolute atomic E-state index is 12.5. The molecule has 0 aliphatic carbocycles. The minimum absolute atomic E-state index is 0.103. The van der Waals surface area contributed by atoms with Crippen molar-refractivity contribution in [1.29, 1.82) is 5.26 Å². The Bertz CT molecular complexity index is 588. The Morgan fingerprint density at radius 3 is 2.60 bits per heavy atom. The Hall–Kier alpha value is -1.81. The molecule has 0 spiro atoms. The van der Waals surface area contributed by atoms with Crippen LogP contribution in [0.1, 0.15) is 18.1 Å². The van der Waals surface area contributed by atoms with Gasteiger partial charge in [-0.05, 0) is 30.7 Å². The van der Waals surface area contributed by atoms with Gasteiger partial charge in [-0.3, -0.25) is 0 Å². The quantitative estimate of drug-likeness (QED) is 0.472. The van der Waals surface area contributed by atoms with Crippen LogP contribution in [0.5, 0.6) is 0 Å².